The number of aliphatic imine (C=N–C) groups is 1. The van der Waals surface area contributed by atoms with Crippen LogP contribution in [0.2, 0.25) is 5.02 Å². The first-order valence-corrected chi connectivity index (χ1v) is 11.4. The molecule has 0 bridgehead atoms. The average molecular weight is 563 g/mol. The van der Waals surface area contributed by atoms with Crippen LogP contribution in [-0.2, 0) is 4.79 Å². The van der Waals surface area contributed by atoms with Crippen molar-refractivity contribution < 1.29 is 4.79 Å². The number of nitrogens with zero attached hydrogens (tertiary/aromatic N) is 4. The van der Waals surface area contributed by atoms with Crippen molar-refractivity contribution in [3.05, 3.63) is 29.3 Å². The summed E-state index contributed by atoms with van der Waals surface area (Å²) in [4.78, 5) is 23.1. The van der Waals surface area contributed by atoms with Crippen LogP contribution in [0, 0.1) is 0 Å². The first-order chi connectivity index (χ1) is 14.5. The number of piperidine rings is 1. The van der Waals surface area contributed by atoms with Crippen LogP contribution in [0.1, 0.15) is 26.2 Å². The second kappa shape index (κ2) is 13.3. The number of guanidine groups is 1. The molecule has 1 amide bonds. The average Bonchev–Trinajstić information content (AvgIpc) is 2.74. The third-order valence-corrected chi connectivity index (χ3v) is 5.99. The van der Waals surface area contributed by atoms with Crippen LogP contribution < -0.4 is 15.5 Å². The topological polar surface area (TPSA) is 63.2 Å². The maximum Gasteiger partial charge on any atom is 0.222 e. The van der Waals surface area contributed by atoms with E-state index in [0.717, 1.165) is 76.2 Å². The molecule has 2 aliphatic heterocycles. The van der Waals surface area contributed by atoms with Crippen LogP contribution >= 0.6 is 35.6 Å². The molecule has 0 aliphatic carbocycles. The second-order valence-corrected chi connectivity index (χ2v) is 8.51. The Hall–Kier alpha value is -1.26. The van der Waals surface area contributed by atoms with Gasteiger partial charge in [0.2, 0.25) is 5.91 Å². The zero-order valence-corrected chi connectivity index (χ0v) is 21.7. The molecule has 3 rings (SSSR count). The Morgan fingerprint density at radius 3 is 2.71 bits per heavy atom. The van der Waals surface area contributed by atoms with Crippen LogP contribution in [0.4, 0.5) is 5.69 Å². The van der Waals surface area contributed by atoms with Crippen molar-refractivity contribution in [2.75, 3.05) is 64.3 Å². The van der Waals surface area contributed by atoms with Crippen molar-refractivity contribution in [3.8, 4) is 0 Å². The Balaban J connectivity index is 0.00000341. The number of likely N-dealkylation sites (tertiary alicyclic amines) is 1. The van der Waals surface area contributed by atoms with Gasteiger partial charge in [0.25, 0.3) is 0 Å². The number of rotatable bonds is 7. The van der Waals surface area contributed by atoms with Crippen molar-refractivity contribution in [2.24, 2.45) is 4.99 Å². The van der Waals surface area contributed by atoms with Gasteiger partial charge in [-0.1, -0.05) is 17.7 Å². The molecule has 0 saturated carbocycles. The number of likely N-dealkylation sites (N-methyl/N-ethyl adjacent to an activating group) is 1. The lowest BCUT2D eigenvalue weighted by atomic mass is 10.1. The van der Waals surface area contributed by atoms with Gasteiger partial charge in [-0.3, -0.25) is 14.7 Å². The largest absolute Gasteiger partial charge is 0.369 e. The minimum Gasteiger partial charge on any atom is -0.369 e. The van der Waals surface area contributed by atoms with Gasteiger partial charge in [0.1, 0.15) is 0 Å². The van der Waals surface area contributed by atoms with E-state index >= 15 is 0 Å². The highest BCUT2D eigenvalue weighted by Crippen LogP contribution is 2.20. The number of anilines is 1. The van der Waals surface area contributed by atoms with E-state index < -0.39 is 0 Å². The molecular weight excluding hydrogens is 527 g/mol. The molecule has 1 aromatic carbocycles. The SMILES string of the molecule is CCNC(=NCCCN1CCN(c2cccc(Cl)c2)CC1)NC1CCC(=O)N(C)C1.I. The second-order valence-electron chi connectivity index (χ2n) is 8.08. The van der Waals surface area contributed by atoms with Crippen LogP contribution in [0.5, 0.6) is 0 Å². The van der Waals surface area contributed by atoms with Gasteiger partial charge in [-0.25, -0.2) is 0 Å². The van der Waals surface area contributed by atoms with Gasteiger partial charge in [-0.05, 0) is 38.0 Å². The minimum atomic E-state index is 0. The number of hydrogen-bond acceptors (Lipinski definition) is 4. The third kappa shape index (κ3) is 8.31. The first-order valence-electron chi connectivity index (χ1n) is 11.1. The molecule has 2 fully saturated rings. The van der Waals surface area contributed by atoms with Gasteiger partial charge in [-0.2, -0.15) is 0 Å². The molecule has 2 N–H and O–H groups in total. The highest BCUT2D eigenvalue weighted by atomic mass is 127. The zero-order chi connectivity index (χ0) is 21.3. The van der Waals surface area contributed by atoms with Crippen molar-refractivity contribution in [1.29, 1.82) is 0 Å². The summed E-state index contributed by atoms with van der Waals surface area (Å²) in [6.07, 6.45) is 2.51. The maximum absolute atomic E-state index is 11.7. The summed E-state index contributed by atoms with van der Waals surface area (Å²) in [6.45, 7) is 9.70. The summed E-state index contributed by atoms with van der Waals surface area (Å²) in [6, 6.07) is 8.38. The fourth-order valence-corrected chi connectivity index (χ4v) is 4.22. The molecule has 31 heavy (non-hydrogen) atoms. The number of piperazine rings is 1. The number of carbonyl (C=O) groups is 1. The fraction of sp³-hybridized carbons (Fsp3) is 0.636. The Labute approximate surface area is 208 Å². The maximum atomic E-state index is 11.7. The van der Waals surface area contributed by atoms with Gasteiger partial charge < -0.3 is 20.4 Å². The van der Waals surface area contributed by atoms with Crippen LogP contribution in [0.25, 0.3) is 0 Å². The normalized spacial score (nSPS) is 20.4. The Morgan fingerprint density at radius 2 is 2.03 bits per heavy atom. The lowest BCUT2D eigenvalue weighted by molar-refractivity contribution is -0.132. The van der Waals surface area contributed by atoms with Crippen molar-refractivity contribution in [1.82, 2.24) is 20.4 Å². The minimum absolute atomic E-state index is 0. The molecule has 2 aliphatic rings. The van der Waals surface area contributed by atoms with Gasteiger partial charge >= 0.3 is 0 Å². The van der Waals surface area contributed by atoms with Gasteiger partial charge in [0.05, 0.1) is 0 Å². The van der Waals surface area contributed by atoms with E-state index in [0.29, 0.717) is 6.42 Å². The van der Waals surface area contributed by atoms with Gasteiger partial charge in [-0.15, -0.1) is 24.0 Å². The zero-order valence-electron chi connectivity index (χ0n) is 18.6. The number of amides is 1. The molecule has 0 aromatic heterocycles. The van der Waals surface area contributed by atoms with E-state index in [4.69, 9.17) is 16.6 Å². The number of carbonyl (C=O) groups excluding carboxylic acids is 1. The fourth-order valence-electron chi connectivity index (χ4n) is 4.03. The van der Waals surface area contributed by atoms with E-state index in [-0.39, 0.29) is 35.9 Å². The standard InChI is InChI=1S/C22H35ClN6O.HI/c1-3-24-22(26-19-8-9-21(30)27(2)17-19)25-10-5-11-28-12-14-29(15-13-28)20-7-4-6-18(23)16-20;/h4,6-7,16,19H,3,5,8-15,17H2,1-2H3,(H2,24,25,26);1H. The highest BCUT2D eigenvalue weighted by molar-refractivity contribution is 14.0. The predicted octanol–water partition coefficient (Wildman–Crippen LogP) is 2.65. The number of halogens is 2. The third-order valence-electron chi connectivity index (χ3n) is 5.76. The monoisotopic (exact) mass is 562 g/mol. The number of hydrogen-bond donors (Lipinski definition) is 2. The van der Waals surface area contributed by atoms with Gasteiger partial charge in [0.15, 0.2) is 5.96 Å². The lowest BCUT2D eigenvalue weighted by Crippen LogP contribution is -2.51. The van der Waals surface area contributed by atoms with Crippen molar-refractivity contribution in [3.63, 3.8) is 0 Å². The molecule has 1 aromatic rings. The highest BCUT2D eigenvalue weighted by Gasteiger charge is 2.23. The molecule has 7 nitrogen and oxygen atoms in total. The molecule has 0 radical (unpaired) electrons. The van der Waals surface area contributed by atoms with Crippen LogP contribution in [0.3, 0.4) is 0 Å². The smallest absolute Gasteiger partial charge is 0.222 e. The summed E-state index contributed by atoms with van der Waals surface area (Å²) < 4.78 is 0. The van der Waals surface area contributed by atoms with Crippen molar-refractivity contribution >= 4 is 53.1 Å². The lowest BCUT2D eigenvalue weighted by Gasteiger charge is -2.36. The molecule has 174 valence electrons. The van der Waals surface area contributed by atoms with E-state index in [1.807, 2.05) is 25.2 Å². The van der Waals surface area contributed by atoms with E-state index in [1.54, 1.807) is 4.90 Å². The van der Waals surface area contributed by atoms with Crippen molar-refractivity contribution in [2.45, 2.75) is 32.2 Å². The predicted molar refractivity (Wildman–Crippen MR) is 140 cm³/mol. The summed E-state index contributed by atoms with van der Waals surface area (Å²) in [7, 11) is 1.87. The molecular formula is C22H36ClIN6O. The Bertz CT molecular complexity index is 726. The summed E-state index contributed by atoms with van der Waals surface area (Å²) in [5.74, 6) is 1.08. The van der Waals surface area contributed by atoms with E-state index in [2.05, 4.69) is 33.4 Å². The molecule has 2 saturated heterocycles. The first kappa shape index (κ1) is 26.0. The summed E-state index contributed by atoms with van der Waals surface area (Å²) in [5.41, 5.74) is 1.21. The molecule has 2 heterocycles. The molecule has 1 unspecified atom stereocenters. The van der Waals surface area contributed by atoms with Gasteiger partial charge in [0, 0.05) is 82.6 Å². The number of benzene rings is 1. The summed E-state index contributed by atoms with van der Waals surface area (Å²) >= 11 is 6.12. The quantitative estimate of drug-likeness (QED) is 0.232. The van der Waals surface area contributed by atoms with E-state index in [9.17, 15) is 4.79 Å². The Morgan fingerprint density at radius 1 is 1.26 bits per heavy atom. The van der Waals surface area contributed by atoms with Crippen LogP contribution in [-0.4, -0.2) is 87.1 Å². The Kier molecular flexibility index (Phi) is 11.2. The molecule has 1 atom stereocenters. The number of nitrogens with one attached hydrogen (secondary N) is 2. The molecule has 9 heteroatoms. The van der Waals surface area contributed by atoms with Crippen LogP contribution in [0.15, 0.2) is 29.3 Å². The molecule has 0 spiro atoms. The summed E-state index contributed by atoms with van der Waals surface area (Å²) in [5, 5.41) is 7.61. The van der Waals surface area contributed by atoms with E-state index in [1.165, 1.54) is 5.69 Å².